The van der Waals surface area contributed by atoms with Crippen LogP contribution < -0.4 is 27.4 Å². The molecule has 0 spiro atoms. The monoisotopic (exact) mass is 543 g/mol. The number of aliphatic carboxylic acids is 1. The maximum atomic E-state index is 13.4. The number of benzene rings is 1. The van der Waals surface area contributed by atoms with E-state index in [2.05, 4.69) is 25.9 Å². The van der Waals surface area contributed by atoms with Gasteiger partial charge < -0.3 is 37.5 Å². The molecule has 1 aromatic heterocycles. The molecule has 0 fully saturated rings. The minimum absolute atomic E-state index is 0.00124. The van der Waals surface area contributed by atoms with Crippen LogP contribution in [-0.4, -0.2) is 68.8 Å². The average Bonchev–Trinajstić information content (AvgIpc) is 3.39. The Bertz CT molecular complexity index is 1110. The van der Waals surface area contributed by atoms with Gasteiger partial charge in [0.05, 0.1) is 12.4 Å². The number of nitrogens with one attached hydrogen (secondary N) is 4. The third-order valence-electron chi connectivity index (χ3n) is 5.89. The van der Waals surface area contributed by atoms with Crippen molar-refractivity contribution in [1.29, 1.82) is 0 Å². The number of carboxylic acid groups (broad SMARTS) is 1. The van der Waals surface area contributed by atoms with Crippen molar-refractivity contribution in [2.24, 2.45) is 17.4 Å². The molecule has 1 heterocycles. The van der Waals surface area contributed by atoms with Crippen LogP contribution in [0, 0.1) is 5.92 Å². The molecule has 2 rings (SSSR count). The number of nitrogens with two attached hydrogens (primary N) is 2. The number of imidazole rings is 1. The number of H-pyrrole nitrogens is 1. The number of amides is 4. The number of primary amides is 1. The lowest BCUT2D eigenvalue weighted by molar-refractivity contribution is -0.142. The summed E-state index contributed by atoms with van der Waals surface area (Å²) in [4.78, 5) is 68.9. The number of aromatic amines is 1. The molecule has 1 aromatic carbocycles. The van der Waals surface area contributed by atoms with Gasteiger partial charge in [-0.2, -0.15) is 0 Å². The molecule has 13 nitrogen and oxygen atoms in total. The van der Waals surface area contributed by atoms with Crippen molar-refractivity contribution in [3.8, 4) is 0 Å². The quantitative estimate of drug-likeness (QED) is 0.144. The highest BCUT2D eigenvalue weighted by Gasteiger charge is 2.31. The number of carboxylic acids is 1. The van der Waals surface area contributed by atoms with Crippen LogP contribution in [0.5, 0.6) is 0 Å². The van der Waals surface area contributed by atoms with Crippen molar-refractivity contribution in [2.45, 2.75) is 70.1 Å². The van der Waals surface area contributed by atoms with E-state index in [1.807, 2.05) is 13.8 Å². The number of carbonyl (C=O) groups is 5. The van der Waals surface area contributed by atoms with E-state index in [4.69, 9.17) is 11.5 Å². The summed E-state index contributed by atoms with van der Waals surface area (Å²) in [5.74, 6) is -3.84. The van der Waals surface area contributed by atoms with E-state index in [-0.39, 0.29) is 38.0 Å². The Kier molecular flexibility index (Phi) is 12.1. The molecule has 0 aliphatic heterocycles. The fourth-order valence-electron chi connectivity index (χ4n) is 3.83. The molecule has 13 heteroatoms. The number of aromatic nitrogens is 2. The summed E-state index contributed by atoms with van der Waals surface area (Å²) < 4.78 is 0. The smallest absolute Gasteiger partial charge is 0.326 e. The Balaban J connectivity index is 2.25. The summed E-state index contributed by atoms with van der Waals surface area (Å²) >= 11 is 0. The predicted octanol–water partition coefficient (Wildman–Crippen LogP) is -0.627. The van der Waals surface area contributed by atoms with E-state index in [9.17, 15) is 29.1 Å². The standard InChI is InChI=1S/C26H37N7O6/c1-15(2)10-21(26(38)39)33-24(36)19(11-16-6-4-3-5-7-16)32-25(37)20(12-17-13-29-14-30-17)31-23(35)18(27)8-9-22(28)34/h3-7,13-15,18-21H,8-12,27H2,1-2H3,(H2,28,34)(H,29,30)(H,31,35)(H,32,37)(H,33,36)(H,38,39). The second-order valence-corrected chi connectivity index (χ2v) is 9.73. The van der Waals surface area contributed by atoms with E-state index < -0.39 is 53.8 Å². The number of rotatable bonds is 16. The van der Waals surface area contributed by atoms with Gasteiger partial charge in [0, 0.05) is 31.2 Å². The van der Waals surface area contributed by atoms with Crippen molar-refractivity contribution < 1.29 is 29.1 Å². The third kappa shape index (κ3) is 10.9. The zero-order valence-electron chi connectivity index (χ0n) is 22.1. The maximum Gasteiger partial charge on any atom is 0.326 e. The average molecular weight is 544 g/mol. The van der Waals surface area contributed by atoms with Crippen LogP contribution in [0.15, 0.2) is 42.9 Å². The number of nitrogens with zero attached hydrogens (tertiary/aromatic N) is 1. The van der Waals surface area contributed by atoms with Gasteiger partial charge in [0.15, 0.2) is 0 Å². The lowest BCUT2D eigenvalue weighted by Gasteiger charge is -2.25. The van der Waals surface area contributed by atoms with Gasteiger partial charge in [0.1, 0.15) is 18.1 Å². The minimum Gasteiger partial charge on any atom is -0.480 e. The van der Waals surface area contributed by atoms with Crippen LogP contribution in [0.4, 0.5) is 0 Å². The third-order valence-corrected chi connectivity index (χ3v) is 5.89. The van der Waals surface area contributed by atoms with Crippen LogP contribution in [0.3, 0.4) is 0 Å². The molecule has 4 amide bonds. The Morgan fingerprint density at radius 3 is 2.05 bits per heavy atom. The van der Waals surface area contributed by atoms with Crippen molar-refractivity contribution >= 4 is 29.6 Å². The van der Waals surface area contributed by atoms with Crippen molar-refractivity contribution in [1.82, 2.24) is 25.9 Å². The number of hydrogen-bond donors (Lipinski definition) is 7. The molecule has 2 aromatic rings. The van der Waals surface area contributed by atoms with Crippen LogP contribution in [0.1, 0.15) is 44.4 Å². The van der Waals surface area contributed by atoms with Crippen molar-refractivity contribution in [2.75, 3.05) is 0 Å². The minimum atomic E-state index is -1.18. The first-order valence-corrected chi connectivity index (χ1v) is 12.6. The van der Waals surface area contributed by atoms with Gasteiger partial charge in [-0.05, 0) is 24.3 Å². The second-order valence-electron chi connectivity index (χ2n) is 9.73. The highest BCUT2D eigenvalue weighted by atomic mass is 16.4. The molecular formula is C26H37N7O6. The lowest BCUT2D eigenvalue weighted by atomic mass is 10.0. The van der Waals surface area contributed by atoms with Gasteiger partial charge in [-0.15, -0.1) is 0 Å². The first-order chi connectivity index (χ1) is 18.5. The molecule has 0 saturated carbocycles. The topological polar surface area (TPSA) is 222 Å². The summed E-state index contributed by atoms with van der Waals surface area (Å²) in [5, 5.41) is 17.3. The van der Waals surface area contributed by atoms with E-state index in [1.165, 1.54) is 12.5 Å². The molecule has 0 bridgehead atoms. The molecule has 212 valence electrons. The fraction of sp³-hybridized carbons (Fsp3) is 0.462. The van der Waals surface area contributed by atoms with Crippen LogP contribution >= 0.6 is 0 Å². The van der Waals surface area contributed by atoms with E-state index >= 15 is 0 Å². The molecule has 0 aliphatic rings. The molecule has 4 unspecified atom stereocenters. The molecule has 0 aliphatic carbocycles. The summed E-state index contributed by atoms with van der Waals surface area (Å²) in [5.41, 5.74) is 12.3. The summed E-state index contributed by atoms with van der Waals surface area (Å²) in [6, 6.07) is 4.38. The Morgan fingerprint density at radius 2 is 1.51 bits per heavy atom. The van der Waals surface area contributed by atoms with Gasteiger partial charge in [0.25, 0.3) is 0 Å². The Hall–Kier alpha value is -4.26. The summed E-state index contributed by atoms with van der Waals surface area (Å²) in [6.07, 6.45) is 3.07. The Labute approximate surface area is 226 Å². The number of carbonyl (C=O) groups excluding carboxylic acids is 4. The molecular weight excluding hydrogens is 506 g/mol. The second kappa shape index (κ2) is 15.2. The van der Waals surface area contributed by atoms with E-state index in [1.54, 1.807) is 30.3 Å². The van der Waals surface area contributed by atoms with Crippen molar-refractivity contribution in [3.63, 3.8) is 0 Å². The molecule has 4 atom stereocenters. The van der Waals surface area contributed by atoms with Gasteiger partial charge in [-0.25, -0.2) is 9.78 Å². The first kappa shape index (κ1) is 31.0. The van der Waals surface area contributed by atoms with Gasteiger partial charge in [0.2, 0.25) is 23.6 Å². The largest absolute Gasteiger partial charge is 0.480 e. The molecule has 0 saturated heterocycles. The lowest BCUT2D eigenvalue weighted by Crippen LogP contribution is -2.58. The normalized spacial score (nSPS) is 14.1. The van der Waals surface area contributed by atoms with E-state index in [0.717, 1.165) is 5.56 Å². The van der Waals surface area contributed by atoms with Crippen LogP contribution in [0.2, 0.25) is 0 Å². The molecule has 9 N–H and O–H groups in total. The fourth-order valence-corrected chi connectivity index (χ4v) is 3.83. The highest BCUT2D eigenvalue weighted by Crippen LogP contribution is 2.09. The SMILES string of the molecule is CC(C)CC(NC(=O)C(Cc1ccccc1)NC(=O)C(Cc1cnc[nH]1)NC(=O)C(N)CCC(N)=O)C(=O)O. The van der Waals surface area contributed by atoms with Crippen LogP contribution in [0.25, 0.3) is 0 Å². The molecule has 0 radical (unpaired) electrons. The van der Waals surface area contributed by atoms with Crippen molar-refractivity contribution in [3.05, 3.63) is 54.1 Å². The summed E-state index contributed by atoms with van der Waals surface area (Å²) in [7, 11) is 0. The van der Waals surface area contributed by atoms with Crippen LogP contribution in [-0.2, 0) is 36.8 Å². The van der Waals surface area contributed by atoms with Gasteiger partial charge >= 0.3 is 5.97 Å². The predicted molar refractivity (Wildman–Crippen MR) is 142 cm³/mol. The maximum absolute atomic E-state index is 13.4. The zero-order chi connectivity index (χ0) is 28.9. The van der Waals surface area contributed by atoms with Gasteiger partial charge in [-0.3, -0.25) is 19.2 Å². The van der Waals surface area contributed by atoms with E-state index in [0.29, 0.717) is 5.69 Å². The first-order valence-electron chi connectivity index (χ1n) is 12.6. The highest BCUT2D eigenvalue weighted by molar-refractivity contribution is 5.94. The molecule has 39 heavy (non-hydrogen) atoms. The zero-order valence-corrected chi connectivity index (χ0v) is 22.1. The van der Waals surface area contributed by atoms with Gasteiger partial charge in [-0.1, -0.05) is 44.2 Å². The summed E-state index contributed by atoms with van der Waals surface area (Å²) in [6.45, 7) is 3.67. The Morgan fingerprint density at radius 1 is 0.923 bits per heavy atom. The number of hydrogen-bond acceptors (Lipinski definition) is 7.